The molecule has 28 heavy (non-hydrogen) atoms. The van der Waals surface area contributed by atoms with Crippen LogP contribution in [0.15, 0.2) is 35.5 Å². The summed E-state index contributed by atoms with van der Waals surface area (Å²) in [6.07, 6.45) is 20.6. The van der Waals surface area contributed by atoms with Gasteiger partial charge in [0.1, 0.15) is 0 Å². The second-order valence-electron chi connectivity index (χ2n) is 10.7. The largest absolute Gasteiger partial charge is 0.393 e. The molecule has 0 aliphatic heterocycles. The normalized spacial score (nSPS) is 38.3. The third-order valence-electron chi connectivity index (χ3n) is 7.80. The molecule has 158 valence electrons. The van der Waals surface area contributed by atoms with Gasteiger partial charge in [-0.3, -0.25) is 0 Å². The standard InChI is InChI=1S/C26H42O2/c1-19(8-6-16-25(2,3)28)23-14-15-24-21(10-7-17-26(23,24)4)13-12-20-9-5-11-22(27)18-20/h6,8,12-13,19,22-24,27-28H,5,7,9-11,14-18H2,1-4H3/b8-6+,20-12-,21-13+/t19-,22?,23?,24?,26-/m1/s1. The Morgan fingerprint density at radius 1 is 1.14 bits per heavy atom. The monoisotopic (exact) mass is 386 g/mol. The predicted molar refractivity (Wildman–Crippen MR) is 118 cm³/mol. The summed E-state index contributed by atoms with van der Waals surface area (Å²) in [5.41, 5.74) is 2.90. The Labute approximate surface area is 172 Å². The van der Waals surface area contributed by atoms with Gasteiger partial charge in [0.15, 0.2) is 0 Å². The molecule has 0 bridgehead atoms. The Morgan fingerprint density at radius 3 is 2.64 bits per heavy atom. The highest BCUT2D eigenvalue weighted by Crippen LogP contribution is 2.59. The minimum Gasteiger partial charge on any atom is -0.393 e. The van der Waals surface area contributed by atoms with Crippen LogP contribution in [0.3, 0.4) is 0 Å². The molecule has 0 saturated heterocycles. The lowest BCUT2D eigenvalue weighted by Gasteiger charge is -2.44. The fourth-order valence-corrected chi connectivity index (χ4v) is 6.30. The van der Waals surface area contributed by atoms with Crippen molar-refractivity contribution in [3.8, 4) is 0 Å². The van der Waals surface area contributed by atoms with E-state index in [0.29, 0.717) is 11.3 Å². The molecule has 0 heterocycles. The van der Waals surface area contributed by atoms with E-state index in [9.17, 15) is 10.2 Å². The van der Waals surface area contributed by atoms with Crippen molar-refractivity contribution in [2.75, 3.05) is 0 Å². The van der Waals surface area contributed by atoms with E-state index >= 15 is 0 Å². The number of hydrogen-bond acceptors (Lipinski definition) is 2. The Kier molecular flexibility index (Phi) is 6.92. The van der Waals surface area contributed by atoms with Crippen molar-refractivity contribution in [1.82, 2.24) is 0 Å². The lowest BCUT2D eigenvalue weighted by Crippen LogP contribution is -2.35. The van der Waals surface area contributed by atoms with Crippen molar-refractivity contribution in [2.24, 2.45) is 23.2 Å². The molecule has 0 spiro atoms. The van der Waals surface area contributed by atoms with E-state index in [1.165, 1.54) is 37.7 Å². The van der Waals surface area contributed by atoms with Gasteiger partial charge < -0.3 is 10.2 Å². The van der Waals surface area contributed by atoms with Crippen molar-refractivity contribution in [3.05, 3.63) is 35.5 Å². The summed E-state index contributed by atoms with van der Waals surface area (Å²) < 4.78 is 0. The average Bonchev–Trinajstić information content (AvgIpc) is 2.96. The van der Waals surface area contributed by atoms with E-state index < -0.39 is 5.60 Å². The lowest BCUT2D eigenvalue weighted by atomic mass is 9.61. The van der Waals surface area contributed by atoms with Gasteiger partial charge in [-0.15, -0.1) is 0 Å². The van der Waals surface area contributed by atoms with Crippen LogP contribution in [0.2, 0.25) is 0 Å². The third-order valence-corrected chi connectivity index (χ3v) is 7.80. The van der Waals surface area contributed by atoms with Crippen LogP contribution in [-0.4, -0.2) is 21.9 Å². The van der Waals surface area contributed by atoms with Crippen molar-refractivity contribution < 1.29 is 10.2 Å². The highest BCUT2D eigenvalue weighted by molar-refractivity contribution is 5.26. The van der Waals surface area contributed by atoms with Crippen molar-refractivity contribution in [2.45, 2.75) is 104 Å². The number of fused-ring (bicyclic) bond motifs is 1. The van der Waals surface area contributed by atoms with Gasteiger partial charge in [-0.25, -0.2) is 0 Å². The average molecular weight is 387 g/mol. The van der Waals surface area contributed by atoms with Gasteiger partial charge in [0.25, 0.3) is 0 Å². The van der Waals surface area contributed by atoms with Crippen LogP contribution in [0.1, 0.15) is 91.9 Å². The van der Waals surface area contributed by atoms with E-state index in [4.69, 9.17) is 0 Å². The first-order valence-corrected chi connectivity index (χ1v) is 11.6. The molecule has 0 radical (unpaired) electrons. The van der Waals surface area contributed by atoms with E-state index in [1.54, 1.807) is 5.57 Å². The van der Waals surface area contributed by atoms with Gasteiger partial charge in [-0.05, 0) is 101 Å². The number of allylic oxidation sites excluding steroid dienone is 4. The number of aliphatic hydroxyl groups excluding tert-OH is 1. The zero-order chi connectivity index (χ0) is 20.4. The molecule has 0 aromatic heterocycles. The fraction of sp³-hybridized carbons (Fsp3) is 0.769. The zero-order valence-electron chi connectivity index (χ0n) is 18.6. The van der Waals surface area contributed by atoms with Crippen LogP contribution in [0.4, 0.5) is 0 Å². The summed E-state index contributed by atoms with van der Waals surface area (Å²) in [5.74, 6) is 2.04. The first-order valence-electron chi connectivity index (χ1n) is 11.6. The molecule has 0 aromatic rings. The minimum absolute atomic E-state index is 0.123. The topological polar surface area (TPSA) is 40.5 Å². The summed E-state index contributed by atoms with van der Waals surface area (Å²) >= 11 is 0. The SMILES string of the molecule is C[C@H](/C=C/CC(C)(C)O)C1CCC2/C(=C/C=C3/CCCC(O)C3)CCC[C@@]21C. The molecule has 2 nitrogen and oxygen atoms in total. The smallest absolute Gasteiger partial charge is 0.0626 e. The third kappa shape index (κ3) is 5.19. The van der Waals surface area contributed by atoms with E-state index in [0.717, 1.165) is 43.9 Å². The van der Waals surface area contributed by atoms with Crippen LogP contribution < -0.4 is 0 Å². The number of hydrogen-bond donors (Lipinski definition) is 2. The molecule has 5 atom stereocenters. The van der Waals surface area contributed by atoms with Crippen LogP contribution in [0.5, 0.6) is 0 Å². The van der Waals surface area contributed by atoms with Gasteiger partial charge in [-0.1, -0.05) is 49.3 Å². The first kappa shape index (κ1) is 21.8. The minimum atomic E-state index is -0.612. The molecule has 3 aliphatic carbocycles. The molecule has 3 fully saturated rings. The fourth-order valence-electron chi connectivity index (χ4n) is 6.30. The number of rotatable bonds is 5. The van der Waals surface area contributed by atoms with E-state index in [1.807, 2.05) is 13.8 Å². The first-order chi connectivity index (χ1) is 13.2. The van der Waals surface area contributed by atoms with Crippen LogP contribution >= 0.6 is 0 Å². The van der Waals surface area contributed by atoms with E-state index in [2.05, 4.69) is 38.2 Å². The maximum absolute atomic E-state index is 9.97. The number of aliphatic hydroxyl groups is 2. The Morgan fingerprint density at radius 2 is 1.93 bits per heavy atom. The molecule has 0 amide bonds. The summed E-state index contributed by atoms with van der Waals surface area (Å²) in [4.78, 5) is 0. The summed E-state index contributed by atoms with van der Waals surface area (Å²) in [5, 5.41) is 19.9. The summed E-state index contributed by atoms with van der Waals surface area (Å²) in [6, 6.07) is 0. The Balaban J connectivity index is 1.70. The molecule has 0 aromatic carbocycles. The summed E-state index contributed by atoms with van der Waals surface area (Å²) in [6.45, 7) is 8.68. The van der Waals surface area contributed by atoms with Crippen molar-refractivity contribution in [3.63, 3.8) is 0 Å². The van der Waals surface area contributed by atoms with E-state index in [-0.39, 0.29) is 6.10 Å². The van der Waals surface area contributed by atoms with Crippen LogP contribution in [0, 0.1) is 23.2 Å². The molecular formula is C26H42O2. The Hall–Kier alpha value is -0.860. The second-order valence-corrected chi connectivity index (χ2v) is 10.7. The Bertz CT molecular complexity index is 621. The molecule has 3 rings (SSSR count). The van der Waals surface area contributed by atoms with Crippen LogP contribution in [-0.2, 0) is 0 Å². The molecular weight excluding hydrogens is 344 g/mol. The second kappa shape index (κ2) is 8.88. The maximum atomic E-state index is 9.97. The quantitative estimate of drug-likeness (QED) is 0.541. The van der Waals surface area contributed by atoms with Gasteiger partial charge in [-0.2, -0.15) is 0 Å². The molecule has 2 heteroatoms. The van der Waals surface area contributed by atoms with Crippen molar-refractivity contribution in [1.29, 1.82) is 0 Å². The van der Waals surface area contributed by atoms with Crippen molar-refractivity contribution >= 4 is 0 Å². The van der Waals surface area contributed by atoms with Crippen LogP contribution in [0.25, 0.3) is 0 Å². The molecule has 3 aliphatic rings. The lowest BCUT2D eigenvalue weighted by molar-refractivity contribution is 0.0832. The molecule has 3 saturated carbocycles. The molecule has 3 unspecified atom stereocenters. The van der Waals surface area contributed by atoms with Gasteiger partial charge >= 0.3 is 0 Å². The highest BCUT2D eigenvalue weighted by atomic mass is 16.3. The molecule has 2 N–H and O–H groups in total. The maximum Gasteiger partial charge on any atom is 0.0626 e. The predicted octanol–water partition coefficient (Wildman–Crippen LogP) is 6.34. The highest BCUT2D eigenvalue weighted by Gasteiger charge is 2.50. The van der Waals surface area contributed by atoms with Gasteiger partial charge in [0.05, 0.1) is 11.7 Å². The van der Waals surface area contributed by atoms with Gasteiger partial charge in [0.2, 0.25) is 0 Å². The zero-order valence-corrected chi connectivity index (χ0v) is 18.6. The summed E-state index contributed by atoms with van der Waals surface area (Å²) in [7, 11) is 0. The van der Waals surface area contributed by atoms with Gasteiger partial charge in [0, 0.05) is 0 Å².